The van der Waals surface area contributed by atoms with E-state index in [0.717, 1.165) is 22.6 Å². The minimum Gasteiger partial charge on any atom is -0.321 e. The van der Waals surface area contributed by atoms with Crippen LogP contribution in [0.3, 0.4) is 0 Å². The van der Waals surface area contributed by atoms with Gasteiger partial charge in [-0.05, 0) is 50.2 Å². The molecule has 0 atom stereocenters. The summed E-state index contributed by atoms with van der Waals surface area (Å²) in [4.78, 5) is 12.5. The molecule has 0 unspecified atom stereocenters. The zero-order valence-corrected chi connectivity index (χ0v) is 15.3. The summed E-state index contributed by atoms with van der Waals surface area (Å²) in [5.74, 6) is -0.253. The first kappa shape index (κ1) is 16.8. The number of hydrogen-bond donors (Lipinski definition) is 2. The second-order valence-corrected chi connectivity index (χ2v) is 6.41. The Kier molecular flexibility index (Phi) is 4.08. The van der Waals surface area contributed by atoms with Crippen LogP contribution in [-0.2, 0) is 7.05 Å². The van der Waals surface area contributed by atoms with E-state index in [9.17, 15) is 4.79 Å². The maximum atomic E-state index is 12.5. The first-order valence-corrected chi connectivity index (χ1v) is 8.49. The fourth-order valence-electron chi connectivity index (χ4n) is 2.91. The number of aryl methyl sites for hydroxylation is 3. The van der Waals surface area contributed by atoms with Crippen LogP contribution in [0.1, 0.15) is 21.9 Å². The first-order valence-electron chi connectivity index (χ1n) is 8.49. The van der Waals surface area contributed by atoms with E-state index in [1.54, 1.807) is 16.9 Å². The number of carbonyl (C=O) groups excluding carboxylic acids is 1. The fraction of sp³-hybridized carbons (Fsp3) is 0.158. The number of amides is 1. The van der Waals surface area contributed by atoms with Crippen LogP contribution >= 0.6 is 0 Å². The van der Waals surface area contributed by atoms with Gasteiger partial charge in [0.1, 0.15) is 5.69 Å². The van der Waals surface area contributed by atoms with Gasteiger partial charge in [0.25, 0.3) is 5.91 Å². The number of rotatable bonds is 4. The maximum absolute atomic E-state index is 12.5. The molecule has 0 bridgehead atoms. The molecule has 3 aromatic heterocycles. The molecule has 2 N–H and O–H groups in total. The van der Waals surface area contributed by atoms with Crippen molar-refractivity contribution in [1.29, 1.82) is 0 Å². The van der Waals surface area contributed by atoms with E-state index in [-0.39, 0.29) is 5.91 Å². The monoisotopic (exact) mass is 361 g/mol. The number of nitrogens with one attached hydrogen (secondary N) is 2. The number of aromatic nitrogens is 6. The molecule has 0 aliphatic heterocycles. The van der Waals surface area contributed by atoms with Crippen LogP contribution in [0.4, 0.5) is 5.69 Å². The molecular formula is C19H19N7O. The lowest BCUT2D eigenvalue weighted by Gasteiger charge is -2.07. The van der Waals surface area contributed by atoms with Gasteiger partial charge in [0.05, 0.1) is 23.3 Å². The quantitative estimate of drug-likeness (QED) is 0.584. The van der Waals surface area contributed by atoms with Gasteiger partial charge in [0, 0.05) is 30.2 Å². The number of hydrogen-bond acceptors (Lipinski definition) is 4. The highest BCUT2D eigenvalue weighted by Crippen LogP contribution is 2.18. The Balaban J connectivity index is 1.48. The summed E-state index contributed by atoms with van der Waals surface area (Å²) in [6.07, 6.45) is 3.55. The lowest BCUT2D eigenvalue weighted by Crippen LogP contribution is -2.12. The Hall–Kier alpha value is -3.68. The topological polar surface area (TPSA) is 93.4 Å². The second kappa shape index (κ2) is 6.56. The maximum Gasteiger partial charge on any atom is 0.273 e. The van der Waals surface area contributed by atoms with Crippen molar-refractivity contribution in [2.45, 2.75) is 13.8 Å². The van der Waals surface area contributed by atoms with Crippen molar-refractivity contribution in [3.05, 3.63) is 65.9 Å². The molecule has 0 aliphatic rings. The van der Waals surface area contributed by atoms with Crippen molar-refractivity contribution in [3.8, 4) is 16.9 Å². The smallest absolute Gasteiger partial charge is 0.273 e. The fourth-order valence-corrected chi connectivity index (χ4v) is 2.91. The zero-order valence-electron chi connectivity index (χ0n) is 15.3. The van der Waals surface area contributed by atoms with E-state index >= 15 is 0 Å². The third-order valence-electron chi connectivity index (χ3n) is 4.20. The molecule has 4 aromatic rings. The number of anilines is 1. The highest BCUT2D eigenvalue weighted by atomic mass is 16.1. The third-order valence-corrected chi connectivity index (χ3v) is 4.20. The molecule has 1 amide bonds. The summed E-state index contributed by atoms with van der Waals surface area (Å²) in [5.41, 5.74) is 5.58. The van der Waals surface area contributed by atoms with Gasteiger partial charge < -0.3 is 5.32 Å². The Morgan fingerprint density at radius 2 is 1.93 bits per heavy atom. The minimum atomic E-state index is -0.253. The van der Waals surface area contributed by atoms with Crippen LogP contribution in [0.5, 0.6) is 0 Å². The molecular weight excluding hydrogens is 342 g/mol. The van der Waals surface area contributed by atoms with E-state index in [1.165, 1.54) is 0 Å². The van der Waals surface area contributed by atoms with E-state index < -0.39 is 0 Å². The molecule has 27 heavy (non-hydrogen) atoms. The molecule has 0 saturated heterocycles. The number of nitrogens with zero attached hydrogens (tertiary/aromatic N) is 5. The van der Waals surface area contributed by atoms with Gasteiger partial charge >= 0.3 is 0 Å². The Labute approximate surface area is 155 Å². The van der Waals surface area contributed by atoms with Gasteiger partial charge in [0.2, 0.25) is 0 Å². The van der Waals surface area contributed by atoms with E-state index in [4.69, 9.17) is 0 Å². The van der Waals surface area contributed by atoms with Gasteiger partial charge in [-0.3, -0.25) is 14.6 Å². The van der Waals surface area contributed by atoms with Crippen molar-refractivity contribution in [2.24, 2.45) is 7.05 Å². The molecule has 0 radical (unpaired) electrons. The van der Waals surface area contributed by atoms with Gasteiger partial charge in [0.15, 0.2) is 0 Å². The standard InChI is InChI=1S/C19H19N7O/c1-12-8-13(2)26(24-12)16-6-4-15(5-7-16)21-19(27)18-9-17(22-23-18)14-10-20-25(3)11-14/h4-11H,1-3H3,(H,21,27)(H,22,23). The van der Waals surface area contributed by atoms with Crippen molar-refractivity contribution in [3.63, 3.8) is 0 Å². The Bertz CT molecular complexity index is 1100. The van der Waals surface area contributed by atoms with Gasteiger partial charge in [-0.2, -0.15) is 15.3 Å². The van der Waals surface area contributed by atoms with E-state index in [0.29, 0.717) is 17.1 Å². The van der Waals surface area contributed by atoms with Gasteiger partial charge in [-0.1, -0.05) is 0 Å². The van der Waals surface area contributed by atoms with E-state index in [1.807, 2.05) is 62.1 Å². The molecule has 4 rings (SSSR count). The third kappa shape index (κ3) is 3.37. The molecule has 0 aliphatic carbocycles. The number of aromatic amines is 1. The molecule has 8 nitrogen and oxygen atoms in total. The average Bonchev–Trinajstić information content (AvgIpc) is 3.35. The summed E-state index contributed by atoms with van der Waals surface area (Å²) in [7, 11) is 1.83. The highest BCUT2D eigenvalue weighted by Gasteiger charge is 2.12. The molecule has 1 aromatic carbocycles. The number of H-pyrrole nitrogens is 1. The predicted octanol–water partition coefficient (Wildman–Crippen LogP) is 2.87. The summed E-state index contributed by atoms with van der Waals surface area (Å²) < 4.78 is 3.56. The van der Waals surface area contributed by atoms with Crippen molar-refractivity contribution < 1.29 is 4.79 Å². The molecule has 3 heterocycles. The zero-order chi connectivity index (χ0) is 19.0. The lowest BCUT2D eigenvalue weighted by atomic mass is 10.2. The van der Waals surface area contributed by atoms with E-state index in [2.05, 4.69) is 25.7 Å². The molecule has 0 saturated carbocycles. The SMILES string of the molecule is Cc1cc(C)n(-c2ccc(NC(=O)c3cc(-c4cnn(C)c4)n[nH]3)cc2)n1. The van der Waals surface area contributed by atoms with Crippen LogP contribution in [-0.4, -0.2) is 35.7 Å². The van der Waals surface area contributed by atoms with Crippen molar-refractivity contribution >= 4 is 11.6 Å². The largest absolute Gasteiger partial charge is 0.321 e. The summed E-state index contributed by atoms with van der Waals surface area (Å²) in [6, 6.07) is 11.3. The average molecular weight is 361 g/mol. The van der Waals surface area contributed by atoms with Crippen molar-refractivity contribution in [1.82, 2.24) is 29.8 Å². The lowest BCUT2D eigenvalue weighted by molar-refractivity contribution is 0.102. The number of benzene rings is 1. The Morgan fingerprint density at radius 1 is 1.15 bits per heavy atom. The van der Waals surface area contributed by atoms with Gasteiger partial charge in [-0.25, -0.2) is 4.68 Å². The van der Waals surface area contributed by atoms with Crippen LogP contribution in [0.15, 0.2) is 48.8 Å². The van der Waals surface area contributed by atoms with Crippen LogP contribution in [0, 0.1) is 13.8 Å². The van der Waals surface area contributed by atoms with Crippen LogP contribution < -0.4 is 5.32 Å². The predicted molar refractivity (Wildman–Crippen MR) is 102 cm³/mol. The molecule has 0 fully saturated rings. The summed E-state index contributed by atoms with van der Waals surface area (Å²) in [5, 5.41) is 18.4. The van der Waals surface area contributed by atoms with Crippen LogP contribution in [0.2, 0.25) is 0 Å². The first-order chi connectivity index (χ1) is 13.0. The normalized spacial score (nSPS) is 10.9. The molecule has 0 spiro atoms. The van der Waals surface area contributed by atoms with Crippen LogP contribution in [0.25, 0.3) is 16.9 Å². The highest BCUT2D eigenvalue weighted by molar-refractivity contribution is 6.03. The minimum absolute atomic E-state index is 0.253. The Morgan fingerprint density at radius 3 is 2.56 bits per heavy atom. The molecule has 8 heteroatoms. The van der Waals surface area contributed by atoms with Crippen molar-refractivity contribution in [2.75, 3.05) is 5.32 Å². The van der Waals surface area contributed by atoms with Gasteiger partial charge in [-0.15, -0.1) is 0 Å². The molecule has 136 valence electrons. The summed E-state index contributed by atoms with van der Waals surface area (Å²) in [6.45, 7) is 3.97. The summed E-state index contributed by atoms with van der Waals surface area (Å²) >= 11 is 0. The number of carbonyl (C=O) groups is 1. The second-order valence-electron chi connectivity index (χ2n) is 6.41.